The van der Waals surface area contributed by atoms with Gasteiger partial charge < -0.3 is 15.1 Å². The maximum absolute atomic E-state index is 13.8. The number of nitrogens with zero attached hydrogens (tertiary/aromatic N) is 3. The van der Waals surface area contributed by atoms with Crippen molar-refractivity contribution in [2.24, 2.45) is 0 Å². The molecule has 5 rings (SSSR count). The van der Waals surface area contributed by atoms with Crippen molar-refractivity contribution < 1.29 is 33.0 Å². The van der Waals surface area contributed by atoms with Crippen LogP contribution < -0.4 is 0 Å². The summed E-state index contributed by atoms with van der Waals surface area (Å²) < 4.78 is 28.6. The molecule has 1 fully saturated rings. The molecule has 1 aromatic heterocycles. The summed E-state index contributed by atoms with van der Waals surface area (Å²) in [5.41, 5.74) is 1.93. The van der Waals surface area contributed by atoms with Crippen LogP contribution >= 0.6 is 11.6 Å². The number of fused-ring (bicyclic) bond motifs is 1. The highest BCUT2D eigenvalue weighted by atomic mass is 35.5. The van der Waals surface area contributed by atoms with Gasteiger partial charge in [-0.3, -0.25) is 19.4 Å². The van der Waals surface area contributed by atoms with Gasteiger partial charge in [-0.1, -0.05) is 35.9 Å². The summed E-state index contributed by atoms with van der Waals surface area (Å²) in [5.74, 6) is -3.07. The van der Waals surface area contributed by atoms with Gasteiger partial charge in [-0.15, -0.1) is 0 Å². The van der Waals surface area contributed by atoms with Gasteiger partial charge >= 0.3 is 11.9 Å². The average Bonchev–Trinajstić information content (AvgIpc) is 2.96. The van der Waals surface area contributed by atoms with Crippen LogP contribution in [0.15, 0.2) is 90.1 Å². The monoisotopic (exact) mass is 607 g/mol. The van der Waals surface area contributed by atoms with Crippen molar-refractivity contribution in [1.82, 2.24) is 14.2 Å². The van der Waals surface area contributed by atoms with Gasteiger partial charge in [0.25, 0.3) is 5.91 Å². The first-order valence-electron chi connectivity index (χ1n) is 13.0. The molecule has 2 atom stereocenters. The molecule has 12 heteroatoms. The largest absolute Gasteiger partial charge is 0.481 e. The van der Waals surface area contributed by atoms with Crippen molar-refractivity contribution in [3.05, 3.63) is 95.8 Å². The van der Waals surface area contributed by atoms with Crippen LogP contribution in [0.4, 0.5) is 0 Å². The van der Waals surface area contributed by atoms with Crippen LogP contribution in [-0.4, -0.2) is 75.8 Å². The zero-order valence-electron chi connectivity index (χ0n) is 22.1. The fourth-order valence-corrected chi connectivity index (χ4v) is 7.01. The number of pyridine rings is 1. The van der Waals surface area contributed by atoms with Gasteiger partial charge in [0.1, 0.15) is 0 Å². The molecule has 1 aliphatic rings. The number of carboxylic acid groups (broad SMARTS) is 2. The van der Waals surface area contributed by atoms with Gasteiger partial charge in [0, 0.05) is 36.1 Å². The molecule has 0 aliphatic carbocycles. The second kappa shape index (κ2) is 11.9. The van der Waals surface area contributed by atoms with Crippen molar-refractivity contribution >= 4 is 50.2 Å². The third kappa shape index (κ3) is 6.13. The zero-order chi connectivity index (χ0) is 30.0. The summed E-state index contributed by atoms with van der Waals surface area (Å²) >= 11 is 6.05. The summed E-state index contributed by atoms with van der Waals surface area (Å²) in [6.45, 7) is -0.630. The maximum Gasteiger partial charge on any atom is 0.305 e. The van der Waals surface area contributed by atoms with E-state index in [4.69, 9.17) is 11.6 Å². The number of sulfonamides is 1. The van der Waals surface area contributed by atoms with Gasteiger partial charge in [0.15, 0.2) is 0 Å². The van der Waals surface area contributed by atoms with Crippen molar-refractivity contribution in [1.29, 1.82) is 0 Å². The Morgan fingerprint density at radius 3 is 1.93 bits per heavy atom. The van der Waals surface area contributed by atoms with E-state index in [0.29, 0.717) is 10.4 Å². The molecule has 42 heavy (non-hydrogen) atoms. The standard InChI is InChI=1S/C30H26ClN3O7S/c31-24-7-5-23-14-27(8-6-22(23)13-24)42(40,41)33-17-25(15-28(35)36)34(26(18-33)16-29(37)38)30(39)21-3-1-19(2-4-21)20-9-11-32-12-10-20/h1-14,25-26H,15-18H2,(H,35,36)(H,37,38)/t25-,26-/m1/s1. The van der Waals surface area contributed by atoms with Gasteiger partial charge in [0.05, 0.1) is 29.8 Å². The molecule has 3 aromatic carbocycles. The highest BCUT2D eigenvalue weighted by Gasteiger charge is 2.43. The van der Waals surface area contributed by atoms with E-state index in [-0.39, 0.29) is 23.5 Å². The Hall–Kier alpha value is -4.32. The van der Waals surface area contributed by atoms with Gasteiger partial charge in [0.2, 0.25) is 10.0 Å². The quantitative estimate of drug-likeness (QED) is 0.300. The summed E-state index contributed by atoms with van der Waals surface area (Å²) in [6, 6.07) is 17.6. The van der Waals surface area contributed by atoms with Crippen LogP contribution in [0.5, 0.6) is 0 Å². The topological polar surface area (TPSA) is 145 Å². The SMILES string of the molecule is O=C(O)C[C@@H]1CN(S(=O)(=O)c2ccc3cc(Cl)ccc3c2)C[C@@H](CC(=O)O)N1C(=O)c1ccc(-c2ccncc2)cc1. The number of carbonyl (C=O) groups is 3. The minimum Gasteiger partial charge on any atom is -0.481 e. The molecule has 0 bridgehead atoms. The summed E-state index contributed by atoms with van der Waals surface area (Å²) in [6.07, 6.45) is 2.14. The second-order valence-corrected chi connectivity index (χ2v) is 12.4. The van der Waals surface area contributed by atoms with E-state index in [1.807, 2.05) is 12.1 Å². The lowest BCUT2D eigenvalue weighted by molar-refractivity contribution is -0.139. The van der Waals surface area contributed by atoms with E-state index < -0.39 is 52.8 Å². The molecule has 0 radical (unpaired) electrons. The highest BCUT2D eigenvalue weighted by Crippen LogP contribution is 2.30. The van der Waals surface area contributed by atoms with Gasteiger partial charge in [-0.25, -0.2) is 8.42 Å². The molecule has 0 saturated carbocycles. The van der Waals surface area contributed by atoms with Crippen molar-refractivity contribution in [3.8, 4) is 11.1 Å². The van der Waals surface area contributed by atoms with Crippen molar-refractivity contribution in [3.63, 3.8) is 0 Å². The number of halogens is 1. The number of rotatable bonds is 8. The Morgan fingerprint density at radius 1 is 0.786 bits per heavy atom. The van der Waals surface area contributed by atoms with Crippen LogP contribution in [0.3, 0.4) is 0 Å². The summed E-state index contributed by atoms with van der Waals surface area (Å²) in [4.78, 5) is 42.7. The van der Waals surface area contributed by atoms with Crippen LogP contribution in [0, 0.1) is 0 Å². The molecule has 1 amide bonds. The lowest BCUT2D eigenvalue weighted by Gasteiger charge is -2.45. The third-order valence-electron chi connectivity index (χ3n) is 7.23. The molecule has 2 heterocycles. The Kier molecular flexibility index (Phi) is 8.26. The summed E-state index contributed by atoms with van der Waals surface area (Å²) in [7, 11) is -4.18. The second-order valence-electron chi connectivity index (χ2n) is 10.0. The number of amides is 1. The molecular formula is C30H26ClN3O7S. The van der Waals surface area contributed by atoms with Gasteiger partial charge in [-0.05, 0) is 70.4 Å². The predicted octanol–water partition coefficient (Wildman–Crippen LogP) is 4.39. The number of aromatic nitrogens is 1. The number of hydrogen-bond acceptors (Lipinski definition) is 6. The minimum absolute atomic E-state index is 0.0352. The first-order valence-corrected chi connectivity index (χ1v) is 14.8. The van der Waals surface area contributed by atoms with Crippen LogP contribution in [0.2, 0.25) is 5.02 Å². The number of carbonyl (C=O) groups excluding carboxylic acids is 1. The average molecular weight is 608 g/mol. The lowest BCUT2D eigenvalue weighted by Crippen LogP contribution is -2.62. The van der Waals surface area contributed by atoms with Crippen molar-refractivity contribution in [2.45, 2.75) is 29.8 Å². The fourth-order valence-electron chi connectivity index (χ4n) is 5.28. The van der Waals surface area contributed by atoms with E-state index >= 15 is 0 Å². The Morgan fingerprint density at radius 2 is 1.33 bits per heavy atom. The Balaban J connectivity index is 1.48. The first kappa shape index (κ1) is 29.2. The van der Waals surface area contributed by atoms with E-state index in [1.54, 1.807) is 60.9 Å². The normalized spacial score (nSPS) is 17.7. The Labute approximate surface area is 246 Å². The molecule has 1 aliphatic heterocycles. The summed E-state index contributed by atoms with van der Waals surface area (Å²) in [5, 5.41) is 21.2. The van der Waals surface area contributed by atoms with Crippen LogP contribution in [-0.2, 0) is 19.6 Å². The number of hydrogen-bond donors (Lipinski definition) is 2. The Bertz CT molecular complexity index is 1740. The predicted molar refractivity (Wildman–Crippen MR) is 156 cm³/mol. The van der Waals surface area contributed by atoms with E-state index in [0.717, 1.165) is 20.8 Å². The van der Waals surface area contributed by atoms with Crippen LogP contribution in [0.25, 0.3) is 21.9 Å². The fraction of sp³-hybridized carbons (Fsp3) is 0.200. The number of carboxylic acids is 2. The molecule has 1 saturated heterocycles. The molecule has 2 N–H and O–H groups in total. The molecule has 4 aromatic rings. The van der Waals surface area contributed by atoms with Crippen LogP contribution in [0.1, 0.15) is 23.2 Å². The minimum atomic E-state index is -4.18. The van der Waals surface area contributed by atoms with Gasteiger partial charge in [-0.2, -0.15) is 4.31 Å². The highest BCUT2D eigenvalue weighted by molar-refractivity contribution is 7.89. The maximum atomic E-state index is 13.8. The smallest absolute Gasteiger partial charge is 0.305 e. The number of piperazine rings is 1. The molecular weight excluding hydrogens is 582 g/mol. The van der Waals surface area contributed by atoms with Crippen molar-refractivity contribution in [2.75, 3.05) is 13.1 Å². The molecule has 10 nitrogen and oxygen atoms in total. The number of aliphatic carboxylic acids is 2. The molecule has 216 valence electrons. The molecule has 0 spiro atoms. The third-order valence-corrected chi connectivity index (χ3v) is 9.29. The first-order chi connectivity index (χ1) is 20.0. The number of benzene rings is 3. The van der Waals surface area contributed by atoms with E-state index in [1.165, 1.54) is 17.0 Å². The lowest BCUT2D eigenvalue weighted by atomic mass is 9.99. The molecule has 0 unspecified atom stereocenters. The van der Waals surface area contributed by atoms with E-state index in [9.17, 15) is 33.0 Å². The zero-order valence-corrected chi connectivity index (χ0v) is 23.7. The van der Waals surface area contributed by atoms with E-state index in [2.05, 4.69) is 4.98 Å².